The number of ether oxygens (including phenoxy) is 1. The van der Waals surface area contributed by atoms with Gasteiger partial charge in [0.15, 0.2) is 6.10 Å². The summed E-state index contributed by atoms with van der Waals surface area (Å²) in [7, 11) is 0. The van der Waals surface area contributed by atoms with Crippen molar-refractivity contribution in [1.29, 1.82) is 5.26 Å². The van der Waals surface area contributed by atoms with Crippen molar-refractivity contribution in [3.8, 4) is 11.8 Å². The third kappa shape index (κ3) is 4.57. The van der Waals surface area contributed by atoms with E-state index in [-0.39, 0.29) is 22.4 Å². The molecule has 0 saturated heterocycles. The molecular weight excluding hydrogens is 322 g/mol. The Morgan fingerprint density at radius 3 is 2.52 bits per heavy atom. The number of hydrogen-bond acceptors (Lipinski definition) is 5. The maximum Gasteiger partial charge on any atom is 0.271 e. The summed E-state index contributed by atoms with van der Waals surface area (Å²) in [6.45, 7) is 6.77. The first-order valence-electron chi connectivity index (χ1n) is 6.94. The molecule has 1 aromatic carbocycles. The fraction of sp³-hybridized carbons (Fsp3) is 0.467. The van der Waals surface area contributed by atoms with Gasteiger partial charge >= 0.3 is 0 Å². The van der Waals surface area contributed by atoms with Crippen LogP contribution in [0.5, 0.6) is 5.75 Å². The van der Waals surface area contributed by atoms with Gasteiger partial charge in [-0.25, -0.2) is 0 Å². The summed E-state index contributed by atoms with van der Waals surface area (Å²) in [4.78, 5) is 22.3. The van der Waals surface area contributed by atoms with Crippen LogP contribution < -0.4 is 10.1 Å². The van der Waals surface area contributed by atoms with E-state index in [0.29, 0.717) is 0 Å². The minimum absolute atomic E-state index is 0.0331. The van der Waals surface area contributed by atoms with E-state index in [1.807, 2.05) is 13.8 Å². The van der Waals surface area contributed by atoms with Crippen molar-refractivity contribution >= 4 is 23.2 Å². The normalized spacial score (nSPS) is 14.5. The van der Waals surface area contributed by atoms with Crippen molar-refractivity contribution in [1.82, 2.24) is 5.32 Å². The first-order valence-corrected chi connectivity index (χ1v) is 7.32. The predicted octanol–water partition coefficient (Wildman–Crippen LogP) is 3.07. The van der Waals surface area contributed by atoms with Crippen molar-refractivity contribution < 1.29 is 14.5 Å². The summed E-state index contributed by atoms with van der Waals surface area (Å²) in [5, 5.41) is 22.5. The molecule has 0 aliphatic rings. The molecule has 0 saturated carbocycles. The highest BCUT2D eigenvalue weighted by atomic mass is 35.5. The summed E-state index contributed by atoms with van der Waals surface area (Å²) in [6, 6.07) is 5.78. The number of rotatable bonds is 6. The monoisotopic (exact) mass is 339 g/mol. The zero-order valence-electron chi connectivity index (χ0n) is 13.3. The third-order valence-electron chi connectivity index (χ3n) is 3.57. The zero-order valence-corrected chi connectivity index (χ0v) is 14.0. The van der Waals surface area contributed by atoms with Crippen LogP contribution in [0.25, 0.3) is 0 Å². The summed E-state index contributed by atoms with van der Waals surface area (Å²) >= 11 is 5.92. The molecule has 1 rings (SSSR count). The van der Waals surface area contributed by atoms with Crippen LogP contribution in [0.4, 0.5) is 5.69 Å². The number of benzene rings is 1. The fourth-order valence-electron chi connectivity index (χ4n) is 1.60. The van der Waals surface area contributed by atoms with Gasteiger partial charge in [0, 0.05) is 12.1 Å². The Hall–Kier alpha value is -2.33. The van der Waals surface area contributed by atoms with Gasteiger partial charge in [-0.3, -0.25) is 14.9 Å². The third-order valence-corrected chi connectivity index (χ3v) is 3.86. The van der Waals surface area contributed by atoms with Gasteiger partial charge in [-0.1, -0.05) is 25.4 Å². The standard InChI is InChI=1S/C15H18ClN3O4/c1-9(2)15(4,8-17)18-14(20)10(3)23-13-6-5-11(19(21)22)7-12(13)16/h5-7,9-10H,1-4H3,(H,18,20). The maximum absolute atomic E-state index is 12.2. The van der Waals surface area contributed by atoms with Gasteiger partial charge in [-0.05, 0) is 25.8 Å². The zero-order chi connectivity index (χ0) is 17.8. The van der Waals surface area contributed by atoms with Crippen LogP contribution in [0.2, 0.25) is 5.02 Å². The number of hydrogen-bond donors (Lipinski definition) is 1. The lowest BCUT2D eigenvalue weighted by Crippen LogP contribution is -2.52. The topological polar surface area (TPSA) is 105 Å². The van der Waals surface area contributed by atoms with E-state index < -0.39 is 22.5 Å². The Kier molecular flexibility index (Phi) is 5.93. The van der Waals surface area contributed by atoms with Gasteiger partial charge in [0.25, 0.3) is 11.6 Å². The lowest BCUT2D eigenvalue weighted by atomic mass is 9.90. The minimum Gasteiger partial charge on any atom is -0.479 e. The smallest absolute Gasteiger partial charge is 0.271 e. The maximum atomic E-state index is 12.2. The van der Waals surface area contributed by atoms with Crippen molar-refractivity contribution in [2.24, 2.45) is 5.92 Å². The number of carbonyl (C=O) groups is 1. The van der Waals surface area contributed by atoms with Gasteiger partial charge in [0.05, 0.1) is 16.0 Å². The molecule has 0 fully saturated rings. The van der Waals surface area contributed by atoms with Crippen molar-refractivity contribution in [2.45, 2.75) is 39.3 Å². The molecule has 2 unspecified atom stereocenters. The van der Waals surface area contributed by atoms with Gasteiger partial charge in [0.1, 0.15) is 11.3 Å². The number of non-ortho nitro benzene ring substituents is 1. The molecule has 124 valence electrons. The average Bonchev–Trinajstić information content (AvgIpc) is 2.48. The number of nitro groups is 1. The molecule has 0 aliphatic carbocycles. The second-order valence-corrected chi connectivity index (χ2v) is 6.00. The summed E-state index contributed by atoms with van der Waals surface area (Å²) in [5.41, 5.74) is -1.19. The van der Waals surface area contributed by atoms with E-state index in [0.717, 1.165) is 6.07 Å². The summed E-state index contributed by atoms with van der Waals surface area (Å²) < 4.78 is 5.44. The summed E-state index contributed by atoms with van der Waals surface area (Å²) in [5.74, 6) is -0.410. The van der Waals surface area contributed by atoms with E-state index in [1.54, 1.807) is 6.92 Å². The van der Waals surface area contributed by atoms with Gasteiger partial charge in [-0.15, -0.1) is 0 Å². The average molecular weight is 340 g/mol. The Balaban J connectivity index is 2.84. The number of nitriles is 1. The molecule has 0 aliphatic heterocycles. The molecular formula is C15H18ClN3O4. The highest BCUT2D eigenvalue weighted by molar-refractivity contribution is 6.32. The van der Waals surface area contributed by atoms with Crippen LogP contribution >= 0.6 is 11.6 Å². The molecule has 2 atom stereocenters. The van der Waals surface area contributed by atoms with Crippen LogP contribution in [-0.4, -0.2) is 22.5 Å². The van der Waals surface area contributed by atoms with Crippen molar-refractivity contribution in [3.63, 3.8) is 0 Å². The van der Waals surface area contributed by atoms with Crippen LogP contribution in [0.3, 0.4) is 0 Å². The predicted molar refractivity (Wildman–Crippen MR) is 85.2 cm³/mol. The second kappa shape index (κ2) is 7.29. The molecule has 0 aromatic heterocycles. The molecule has 0 bridgehead atoms. The summed E-state index contributed by atoms with van der Waals surface area (Å²) in [6.07, 6.45) is -0.916. The number of carbonyl (C=O) groups excluding carboxylic acids is 1. The fourth-order valence-corrected chi connectivity index (χ4v) is 1.82. The van der Waals surface area contributed by atoms with Crippen molar-refractivity contribution in [3.05, 3.63) is 33.3 Å². The Labute approximate surface area is 139 Å². The Morgan fingerprint density at radius 2 is 2.09 bits per heavy atom. The van der Waals surface area contributed by atoms with Crippen LogP contribution in [0.15, 0.2) is 18.2 Å². The first kappa shape index (κ1) is 18.7. The highest BCUT2D eigenvalue weighted by Gasteiger charge is 2.32. The van der Waals surface area contributed by atoms with E-state index in [9.17, 15) is 20.2 Å². The van der Waals surface area contributed by atoms with E-state index in [1.165, 1.54) is 19.1 Å². The molecule has 0 spiro atoms. The van der Waals surface area contributed by atoms with Crippen molar-refractivity contribution in [2.75, 3.05) is 0 Å². The van der Waals surface area contributed by atoms with E-state index in [4.69, 9.17) is 16.3 Å². The number of nitrogens with zero attached hydrogens (tertiary/aromatic N) is 2. The largest absolute Gasteiger partial charge is 0.479 e. The minimum atomic E-state index is -1.02. The van der Waals surface area contributed by atoms with E-state index in [2.05, 4.69) is 11.4 Å². The Bertz CT molecular complexity index is 657. The van der Waals surface area contributed by atoms with Crippen LogP contribution in [0.1, 0.15) is 27.7 Å². The van der Waals surface area contributed by atoms with E-state index >= 15 is 0 Å². The molecule has 7 nitrogen and oxygen atoms in total. The highest BCUT2D eigenvalue weighted by Crippen LogP contribution is 2.29. The lowest BCUT2D eigenvalue weighted by molar-refractivity contribution is -0.384. The number of halogens is 1. The molecule has 23 heavy (non-hydrogen) atoms. The number of nitro benzene ring substituents is 1. The lowest BCUT2D eigenvalue weighted by Gasteiger charge is -2.28. The van der Waals surface area contributed by atoms with Crippen LogP contribution in [0, 0.1) is 27.4 Å². The molecule has 1 amide bonds. The Morgan fingerprint density at radius 1 is 1.48 bits per heavy atom. The molecule has 0 heterocycles. The number of amides is 1. The van der Waals surface area contributed by atoms with Gasteiger partial charge < -0.3 is 10.1 Å². The number of nitrogens with one attached hydrogen (secondary N) is 1. The molecule has 1 N–H and O–H groups in total. The van der Waals surface area contributed by atoms with Gasteiger partial charge in [0.2, 0.25) is 0 Å². The van der Waals surface area contributed by atoms with Crippen LogP contribution in [-0.2, 0) is 4.79 Å². The second-order valence-electron chi connectivity index (χ2n) is 5.59. The van der Waals surface area contributed by atoms with Gasteiger partial charge in [-0.2, -0.15) is 5.26 Å². The molecule has 0 radical (unpaired) electrons. The SMILES string of the molecule is CC(Oc1ccc([N+](=O)[O-])cc1Cl)C(=O)NC(C)(C#N)C(C)C. The molecule has 8 heteroatoms. The molecule has 1 aromatic rings. The first-order chi connectivity index (χ1) is 10.6. The quantitative estimate of drug-likeness (QED) is 0.633.